The van der Waals surface area contributed by atoms with E-state index in [0.29, 0.717) is 24.4 Å². The van der Waals surface area contributed by atoms with E-state index < -0.39 is 0 Å². The number of likely N-dealkylation sites (tertiary alicyclic amines) is 1. The van der Waals surface area contributed by atoms with Crippen LogP contribution in [-0.2, 0) is 5.75 Å². The molecule has 1 saturated heterocycles. The SMILES string of the molecule is O=C(NCCSCc1ccccc1F)N1CCCC(CO)C1. The molecule has 0 bridgehead atoms. The quantitative estimate of drug-likeness (QED) is 0.790. The minimum absolute atomic E-state index is 0.0651. The van der Waals surface area contributed by atoms with Crippen molar-refractivity contribution in [2.45, 2.75) is 18.6 Å². The van der Waals surface area contributed by atoms with Gasteiger partial charge in [-0.25, -0.2) is 9.18 Å². The first-order valence-corrected chi connectivity index (χ1v) is 8.81. The van der Waals surface area contributed by atoms with Crippen LogP contribution in [0.25, 0.3) is 0 Å². The summed E-state index contributed by atoms with van der Waals surface area (Å²) in [5.74, 6) is 1.38. The number of benzene rings is 1. The summed E-state index contributed by atoms with van der Waals surface area (Å²) < 4.78 is 13.4. The first kappa shape index (κ1) is 17.1. The highest BCUT2D eigenvalue weighted by Crippen LogP contribution is 2.16. The number of aliphatic hydroxyl groups is 1. The van der Waals surface area contributed by atoms with Crippen molar-refractivity contribution in [1.29, 1.82) is 0 Å². The molecule has 122 valence electrons. The van der Waals surface area contributed by atoms with Gasteiger partial charge in [0.15, 0.2) is 0 Å². The highest BCUT2D eigenvalue weighted by atomic mass is 32.2. The van der Waals surface area contributed by atoms with Gasteiger partial charge in [-0.3, -0.25) is 0 Å². The molecule has 0 aromatic heterocycles. The minimum atomic E-state index is -0.178. The Morgan fingerprint density at radius 1 is 1.45 bits per heavy atom. The van der Waals surface area contributed by atoms with Crippen molar-refractivity contribution >= 4 is 17.8 Å². The molecule has 1 aromatic carbocycles. The van der Waals surface area contributed by atoms with E-state index in [1.54, 1.807) is 28.8 Å². The number of halogens is 1. The molecule has 4 nitrogen and oxygen atoms in total. The van der Waals surface area contributed by atoms with E-state index in [0.717, 1.165) is 25.1 Å². The lowest BCUT2D eigenvalue weighted by molar-refractivity contribution is 0.130. The van der Waals surface area contributed by atoms with Crippen molar-refractivity contribution in [3.05, 3.63) is 35.6 Å². The molecule has 0 spiro atoms. The third-order valence-corrected chi connectivity index (χ3v) is 4.81. The number of amides is 2. The second-order valence-electron chi connectivity index (χ2n) is 5.51. The maximum Gasteiger partial charge on any atom is 0.317 e. The number of hydrogen-bond donors (Lipinski definition) is 2. The number of nitrogens with zero attached hydrogens (tertiary/aromatic N) is 1. The molecule has 6 heteroatoms. The van der Waals surface area contributed by atoms with Crippen LogP contribution >= 0.6 is 11.8 Å². The molecule has 0 radical (unpaired) electrons. The molecular weight excluding hydrogens is 303 g/mol. The second kappa shape index (κ2) is 9.00. The maximum atomic E-state index is 13.4. The number of urea groups is 1. The van der Waals surface area contributed by atoms with Gasteiger partial charge in [0.05, 0.1) is 0 Å². The number of nitrogens with one attached hydrogen (secondary N) is 1. The van der Waals surface area contributed by atoms with E-state index in [4.69, 9.17) is 0 Å². The zero-order chi connectivity index (χ0) is 15.8. The van der Waals surface area contributed by atoms with E-state index in [2.05, 4.69) is 5.32 Å². The van der Waals surface area contributed by atoms with Gasteiger partial charge in [-0.15, -0.1) is 0 Å². The molecule has 2 rings (SSSR count). The molecule has 1 unspecified atom stereocenters. The largest absolute Gasteiger partial charge is 0.396 e. The van der Waals surface area contributed by atoms with E-state index in [-0.39, 0.29) is 24.4 Å². The number of thioether (sulfide) groups is 1. The predicted octanol–water partition coefficient (Wildman–Crippen LogP) is 2.47. The molecule has 2 N–H and O–H groups in total. The zero-order valence-corrected chi connectivity index (χ0v) is 13.4. The van der Waals surface area contributed by atoms with E-state index in [1.165, 1.54) is 6.07 Å². The van der Waals surface area contributed by atoms with Gasteiger partial charge in [0.25, 0.3) is 0 Å². The summed E-state index contributed by atoms with van der Waals surface area (Å²) in [7, 11) is 0. The Morgan fingerprint density at radius 3 is 3.05 bits per heavy atom. The Bertz CT molecular complexity index is 487. The average molecular weight is 326 g/mol. The first-order valence-electron chi connectivity index (χ1n) is 7.65. The van der Waals surface area contributed by atoms with Gasteiger partial charge in [-0.2, -0.15) is 11.8 Å². The zero-order valence-electron chi connectivity index (χ0n) is 12.6. The fourth-order valence-electron chi connectivity index (χ4n) is 2.54. The van der Waals surface area contributed by atoms with Crippen LogP contribution in [0.1, 0.15) is 18.4 Å². The van der Waals surface area contributed by atoms with Crippen LogP contribution in [0.15, 0.2) is 24.3 Å². The molecule has 1 heterocycles. The Kier molecular flexibility index (Phi) is 6.99. The number of rotatable bonds is 6. The minimum Gasteiger partial charge on any atom is -0.396 e. The summed E-state index contributed by atoms with van der Waals surface area (Å²) in [4.78, 5) is 13.8. The van der Waals surface area contributed by atoms with E-state index in [9.17, 15) is 14.3 Å². The summed E-state index contributed by atoms with van der Waals surface area (Å²) in [5.41, 5.74) is 0.695. The van der Waals surface area contributed by atoms with Crippen LogP contribution in [0, 0.1) is 11.7 Å². The number of piperidine rings is 1. The van der Waals surface area contributed by atoms with Crippen LogP contribution < -0.4 is 5.32 Å². The van der Waals surface area contributed by atoms with Gasteiger partial charge >= 0.3 is 6.03 Å². The highest BCUT2D eigenvalue weighted by molar-refractivity contribution is 7.98. The van der Waals surface area contributed by atoms with E-state index >= 15 is 0 Å². The van der Waals surface area contributed by atoms with Crippen LogP contribution in [0.3, 0.4) is 0 Å². The Balaban J connectivity index is 1.62. The molecular formula is C16H23FN2O2S. The number of aliphatic hydroxyl groups excluding tert-OH is 1. The first-order chi connectivity index (χ1) is 10.7. The summed E-state index contributed by atoms with van der Waals surface area (Å²) in [5, 5.41) is 12.1. The third kappa shape index (κ3) is 5.18. The topological polar surface area (TPSA) is 52.6 Å². The van der Waals surface area contributed by atoms with Crippen molar-refractivity contribution in [3.63, 3.8) is 0 Å². The lowest BCUT2D eigenvalue weighted by atomic mass is 9.99. The van der Waals surface area contributed by atoms with Crippen LogP contribution in [0.2, 0.25) is 0 Å². The third-order valence-electron chi connectivity index (χ3n) is 3.80. The molecule has 22 heavy (non-hydrogen) atoms. The number of carbonyl (C=O) groups excluding carboxylic acids is 1. The van der Waals surface area contributed by atoms with Crippen molar-refractivity contribution < 1.29 is 14.3 Å². The molecule has 1 aromatic rings. The molecule has 1 aliphatic rings. The summed E-state index contributed by atoms with van der Waals surface area (Å²) in [6.45, 7) is 2.09. The van der Waals surface area contributed by atoms with Gasteiger partial charge in [-0.1, -0.05) is 18.2 Å². The lowest BCUT2D eigenvalue weighted by Crippen LogP contribution is -2.46. The average Bonchev–Trinajstić information content (AvgIpc) is 2.56. The lowest BCUT2D eigenvalue weighted by Gasteiger charge is -2.31. The van der Waals surface area contributed by atoms with Crippen molar-refractivity contribution in [1.82, 2.24) is 10.2 Å². The summed E-state index contributed by atoms with van der Waals surface area (Å²) >= 11 is 1.60. The van der Waals surface area contributed by atoms with Crippen molar-refractivity contribution in [2.75, 3.05) is 32.0 Å². The number of carbonyl (C=O) groups is 1. The van der Waals surface area contributed by atoms with Crippen LogP contribution in [0.5, 0.6) is 0 Å². The molecule has 0 saturated carbocycles. The smallest absolute Gasteiger partial charge is 0.317 e. The van der Waals surface area contributed by atoms with Gasteiger partial charge < -0.3 is 15.3 Å². The molecule has 0 aliphatic carbocycles. The standard InChI is InChI=1S/C16H23FN2O2S/c17-15-6-2-1-5-14(15)12-22-9-7-18-16(21)19-8-3-4-13(10-19)11-20/h1-2,5-6,13,20H,3-4,7-12H2,(H,18,21). The summed E-state index contributed by atoms with van der Waals surface area (Å²) in [6.07, 6.45) is 1.93. The highest BCUT2D eigenvalue weighted by Gasteiger charge is 2.22. The fraction of sp³-hybridized carbons (Fsp3) is 0.562. The Hall–Kier alpha value is -1.27. The monoisotopic (exact) mass is 326 g/mol. The Labute approximate surface area is 135 Å². The van der Waals surface area contributed by atoms with Gasteiger partial charge in [0.2, 0.25) is 0 Å². The van der Waals surface area contributed by atoms with Crippen molar-refractivity contribution in [2.24, 2.45) is 5.92 Å². The predicted molar refractivity (Wildman–Crippen MR) is 87.3 cm³/mol. The molecule has 1 fully saturated rings. The molecule has 2 amide bonds. The van der Waals surface area contributed by atoms with Crippen molar-refractivity contribution in [3.8, 4) is 0 Å². The molecule has 1 atom stereocenters. The van der Waals surface area contributed by atoms with Gasteiger partial charge in [0.1, 0.15) is 5.82 Å². The van der Waals surface area contributed by atoms with E-state index in [1.807, 2.05) is 6.07 Å². The second-order valence-corrected chi connectivity index (χ2v) is 6.62. The number of hydrogen-bond acceptors (Lipinski definition) is 3. The molecule has 1 aliphatic heterocycles. The fourth-order valence-corrected chi connectivity index (χ4v) is 3.38. The van der Waals surface area contributed by atoms with Gasteiger partial charge in [0, 0.05) is 37.7 Å². The van der Waals surface area contributed by atoms with Gasteiger partial charge in [-0.05, 0) is 30.4 Å². The van der Waals surface area contributed by atoms with Crippen LogP contribution in [-0.4, -0.2) is 48.0 Å². The summed E-state index contributed by atoms with van der Waals surface area (Å²) in [6, 6.07) is 6.69. The normalized spacial score (nSPS) is 18.3. The Morgan fingerprint density at radius 2 is 2.27 bits per heavy atom. The van der Waals surface area contributed by atoms with Crippen LogP contribution in [0.4, 0.5) is 9.18 Å². The maximum absolute atomic E-state index is 13.4.